The number of hydrogen-bond acceptors (Lipinski definition) is 2. The van der Waals surface area contributed by atoms with E-state index >= 15 is 0 Å². The van der Waals surface area contributed by atoms with Gasteiger partial charge in [-0.2, -0.15) is 0 Å². The molecule has 0 bridgehead atoms. The molecule has 4 nitrogen and oxygen atoms in total. The average Bonchev–Trinajstić information content (AvgIpc) is 2.80. The number of benzene rings is 2. The monoisotopic (exact) mass is 407 g/mol. The van der Waals surface area contributed by atoms with E-state index in [0.717, 1.165) is 57.2 Å². The fraction of sp³-hybridized carbons (Fsp3) is 0.500. The van der Waals surface area contributed by atoms with E-state index in [-0.39, 0.29) is 5.92 Å². The zero-order valence-corrected chi connectivity index (χ0v) is 18.2. The molecular weight excluding hydrogens is 372 g/mol. The van der Waals surface area contributed by atoms with Crippen molar-refractivity contribution in [2.24, 2.45) is 11.8 Å². The molecule has 4 rings (SSSR count). The molecule has 2 aliphatic heterocycles. The molecule has 0 radical (unpaired) electrons. The van der Waals surface area contributed by atoms with Crippen LogP contribution in [0, 0.1) is 11.8 Å². The Bertz CT molecular complexity index is 790. The molecule has 4 heteroatoms. The van der Waals surface area contributed by atoms with Crippen LogP contribution in [0.1, 0.15) is 43.7 Å². The van der Waals surface area contributed by atoms with Gasteiger partial charge in [0.1, 0.15) is 18.9 Å². The van der Waals surface area contributed by atoms with Crippen LogP contribution >= 0.6 is 0 Å². The van der Waals surface area contributed by atoms with Gasteiger partial charge in [0.25, 0.3) is 0 Å². The minimum absolute atomic E-state index is 0.246. The molecule has 0 aliphatic carbocycles. The molecule has 2 aromatic carbocycles. The maximum absolute atomic E-state index is 12.8. The molecule has 2 aliphatic rings. The summed E-state index contributed by atoms with van der Waals surface area (Å²) >= 11 is 0. The summed E-state index contributed by atoms with van der Waals surface area (Å²) in [5, 5.41) is 0. The molecule has 0 unspecified atom stereocenters. The standard InChI is InChI=1S/C26H34N2O2/c1-21-11-17-28(18-12-21)26(29)24-13-15-27(16-14-24)19-22-7-9-25(10-8-22)30-20-23-5-3-2-4-6-23/h2-10,21,24H,11-20H2,1H3/p+1. The van der Waals surface area contributed by atoms with E-state index in [9.17, 15) is 4.79 Å². The summed E-state index contributed by atoms with van der Waals surface area (Å²) in [7, 11) is 0. The number of hydrogen-bond donors (Lipinski definition) is 1. The molecule has 1 amide bonds. The lowest BCUT2D eigenvalue weighted by Gasteiger charge is -2.35. The van der Waals surface area contributed by atoms with E-state index < -0.39 is 0 Å². The van der Waals surface area contributed by atoms with Crippen LogP contribution in [0.15, 0.2) is 54.6 Å². The average molecular weight is 408 g/mol. The van der Waals surface area contributed by atoms with Crippen molar-refractivity contribution in [1.82, 2.24) is 4.90 Å². The molecule has 2 aromatic rings. The fourth-order valence-corrected chi connectivity index (χ4v) is 4.67. The number of amides is 1. The molecule has 0 aromatic heterocycles. The van der Waals surface area contributed by atoms with E-state index in [1.54, 1.807) is 4.90 Å². The second-order valence-corrected chi connectivity index (χ2v) is 9.13. The van der Waals surface area contributed by atoms with Crippen molar-refractivity contribution in [1.29, 1.82) is 0 Å². The topological polar surface area (TPSA) is 34.0 Å². The third-order valence-electron chi connectivity index (χ3n) is 6.76. The summed E-state index contributed by atoms with van der Waals surface area (Å²) in [6.45, 7) is 8.03. The largest absolute Gasteiger partial charge is 0.489 e. The summed E-state index contributed by atoms with van der Waals surface area (Å²) in [5.41, 5.74) is 2.52. The second-order valence-electron chi connectivity index (χ2n) is 9.13. The molecule has 160 valence electrons. The fourth-order valence-electron chi connectivity index (χ4n) is 4.67. The van der Waals surface area contributed by atoms with Crippen molar-refractivity contribution in [2.45, 2.75) is 45.8 Å². The van der Waals surface area contributed by atoms with Gasteiger partial charge in [-0.1, -0.05) is 37.3 Å². The molecule has 2 fully saturated rings. The van der Waals surface area contributed by atoms with Crippen molar-refractivity contribution in [2.75, 3.05) is 26.2 Å². The maximum atomic E-state index is 12.8. The molecule has 0 saturated carbocycles. The first kappa shape index (κ1) is 20.9. The number of ether oxygens (including phenoxy) is 1. The van der Waals surface area contributed by atoms with Crippen LogP contribution in [-0.2, 0) is 17.9 Å². The number of quaternary nitrogens is 1. The number of piperidine rings is 2. The Labute approximate surface area is 180 Å². The highest BCUT2D eigenvalue weighted by Crippen LogP contribution is 2.21. The van der Waals surface area contributed by atoms with Crippen LogP contribution in [0.4, 0.5) is 0 Å². The molecule has 0 spiro atoms. The lowest BCUT2D eigenvalue weighted by Crippen LogP contribution is -3.11. The highest BCUT2D eigenvalue weighted by molar-refractivity contribution is 5.79. The summed E-state index contributed by atoms with van der Waals surface area (Å²) in [6, 6.07) is 18.8. The van der Waals surface area contributed by atoms with Crippen molar-refractivity contribution < 1.29 is 14.4 Å². The lowest BCUT2D eigenvalue weighted by atomic mass is 9.92. The Balaban J connectivity index is 1.20. The number of nitrogens with zero attached hydrogens (tertiary/aromatic N) is 1. The van der Waals surface area contributed by atoms with Crippen LogP contribution in [0.3, 0.4) is 0 Å². The number of likely N-dealkylation sites (tertiary alicyclic amines) is 2. The molecule has 0 atom stereocenters. The molecule has 1 N–H and O–H groups in total. The van der Waals surface area contributed by atoms with Crippen LogP contribution in [0.5, 0.6) is 5.75 Å². The van der Waals surface area contributed by atoms with Gasteiger partial charge < -0.3 is 14.5 Å². The van der Waals surface area contributed by atoms with Crippen LogP contribution in [0.25, 0.3) is 0 Å². The Kier molecular flexibility index (Phi) is 7.06. The third kappa shape index (κ3) is 5.63. The van der Waals surface area contributed by atoms with Gasteiger partial charge >= 0.3 is 0 Å². The van der Waals surface area contributed by atoms with Gasteiger partial charge in [0.15, 0.2) is 0 Å². The first-order chi connectivity index (χ1) is 14.7. The van der Waals surface area contributed by atoms with Crippen molar-refractivity contribution in [3.8, 4) is 5.75 Å². The van der Waals surface area contributed by atoms with E-state index in [1.807, 2.05) is 18.2 Å². The van der Waals surface area contributed by atoms with Gasteiger partial charge in [-0.05, 0) is 48.6 Å². The van der Waals surface area contributed by atoms with E-state index in [2.05, 4.69) is 48.2 Å². The van der Waals surface area contributed by atoms with Gasteiger partial charge in [-0.3, -0.25) is 4.79 Å². The van der Waals surface area contributed by atoms with Crippen LogP contribution in [-0.4, -0.2) is 37.0 Å². The Hall–Kier alpha value is -2.33. The predicted octanol–water partition coefficient (Wildman–Crippen LogP) is 3.32. The molecule has 2 heterocycles. The highest BCUT2D eigenvalue weighted by atomic mass is 16.5. The summed E-state index contributed by atoms with van der Waals surface area (Å²) < 4.78 is 5.89. The minimum atomic E-state index is 0.246. The second kappa shape index (κ2) is 10.1. The van der Waals surface area contributed by atoms with Crippen molar-refractivity contribution in [3.05, 3.63) is 65.7 Å². The van der Waals surface area contributed by atoms with Crippen molar-refractivity contribution >= 4 is 5.91 Å². The smallest absolute Gasteiger partial charge is 0.226 e. The third-order valence-corrected chi connectivity index (χ3v) is 6.76. The van der Waals surface area contributed by atoms with Gasteiger partial charge in [0, 0.05) is 37.4 Å². The summed E-state index contributed by atoms with van der Waals surface area (Å²) in [5.74, 6) is 2.35. The number of carbonyl (C=O) groups is 1. The summed E-state index contributed by atoms with van der Waals surface area (Å²) in [6.07, 6.45) is 4.39. The van der Waals surface area contributed by atoms with Gasteiger partial charge in [0.05, 0.1) is 13.1 Å². The highest BCUT2D eigenvalue weighted by Gasteiger charge is 2.31. The Morgan fingerprint density at radius 3 is 2.27 bits per heavy atom. The van der Waals surface area contributed by atoms with E-state index in [0.29, 0.717) is 12.5 Å². The van der Waals surface area contributed by atoms with Gasteiger partial charge in [-0.15, -0.1) is 0 Å². The number of rotatable bonds is 6. The minimum Gasteiger partial charge on any atom is -0.489 e. The summed E-state index contributed by atoms with van der Waals surface area (Å²) in [4.78, 5) is 16.5. The van der Waals surface area contributed by atoms with Crippen molar-refractivity contribution in [3.63, 3.8) is 0 Å². The lowest BCUT2D eigenvalue weighted by molar-refractivity contribution is -0.919. The SMILES string of the molecule is CC1CCN(C(=O)C2CC[NH+](Cc3ccc(OCc4ccccc4)cc3)CC2)CC1. The maximum Gasteiger partial charge on any atom is 0.226 e. The van der Waals surface area contributed by atoms with Gasteiger partial charge in [0.2, 0.25) is 5.91 Å². The normalized spacial score (nSPS) is 22.6. The number of carbonyl (C=O) groups excluding carboxylic acids is 1. The zero-order chi connectivity index (χ0) is 20.8. The quantitative estimate of drug-likeness (QED) is 0.797. The van der Waals surface area contributed by atoms with E-state index in [4.69, 9.17) is 4.74 Å². The first-order valence-electron chi connectivity index (χ1n) is 11.6. The van der Waals surface area contributed by atoms with Gasteiger partial charge in [-0.25, -0.2) is 0 Å². The zero-order valence-electron chi connectivity index (χ0n) is 18.2. The first-order valence-corrected chi connectivity index (χ1v) is 11.6. The molecule has 2 saturated heterocycles. The Morgan fingerprint density at radius 2 is 1.60 bits per heavy atom. The van der Waals surface area contributed by atoms with Crippen LogP contribution < -0.4 is 9.64 Å². The Morgan fingerprint density at radius 1 is 0.933 bits per heavy atom. The van der Waals surface area contributed by atoms with E-state index in [1.165, 1.54) is 24.0 Å². The van der Waals surface area contributed by atoms with Crippen LogP contribution in [0.2, 0.25) is 0 Å². The molecular formula is C26H35N2O2+. The predicted molar refractivity (Wildman–Crippen MR) is 119 cm³/mol. The molecule has 30 heavy (non-hydrogen) atoms. The number of nitrogens with one attached hydrogen (secondary N) is 1.